The van der Waals surface area contributed by atoms with E-state index in [1.165, 1.54) is 29.7 Å². The van der Waals surface area contributed by atoms with Gasteiger partial charge in [0.1, 0.15) is 0 Å². The zero-order valence-electron chi connectivity index (χ0n) is 13.7. The monoisotopic (exact) mass is 294 g/mol. The first-order chi connectivity index (χ1) is 10.6. The Hall–Kier alpha value is -1.80. The first-order valence-electron chi connectivity index (χ1n) is 8.25. The summed E-state index contributed by atoms with van der Waals surface area (Å²) >= 11 is 0. The molecule has 0 spiro atoms. The molecule has 0 bridgehead atoms. The Balaban J connectivity index is 1.57. The van der Waals surface area contributed by atoms with E-state index in [9.17, 15) is 0 Å². The lowest BCUT2D eigenvalue weighted by Crippen LogP contribution is -2.47. The molecule has 0 aliphatic carbocycles. The zero-order chi connectivity index (χ0) is 15.4. The van der Waals surface area contributed by atoms with Gasteiger partial charge in [0, 0.05) is 30.9 Å². The molecule has 1 aliphatic rings. The molecule has 0 aromatic heterocycles. The van der Waals surface area contributed by atoms with Crippen molar-refractivity contribution in [3.8, 4) is 0 Å². The summed E-state index contributed by atoms with van der Waals surface area (Å²) in [6.07, 6.45) is 2.38. The fourth-order valence-corrected chi connectivity index (χ4v) is 3.21. The lowest BCUT2D eigenvalue weighted by molar-refractivity contribution is 0.175. The number of hydrogen-bond donors (Lipinski definition) is 1. The van der Waals surface area contributed by atoms with Crippen LogP contribution in [0.2, 0.25) is 0 Å². The van der Waals surface area contributed by atoms with Crippen molar-refractivity contribution < 1.29 is 0 Å². The molecule has 1 N–H and O–H groups in total. The third kappa shape index (κ3) is 3.69. The molecule has 0 unspecified atom stereocenters. The molecule has 0 amide bonds. The van der Waals surface area contributed by atoms with Crippen LogP contribution in [0.15, 0.2) is 54.6 Å². The summed E-state index contributed by atoms with van der Waals surface area (Å²) in [4.78, 5) is 2.57. The van der Waals surface area contributed by atoms with Gasteiger partial charge in [0.25, 0.3) is 0 Å². The van der Waals surface area contributed by atoms with Crippen LogP contribution in [0, 0.1) is 6.92 Å². The van der Waals surface area contributed by atoms with E-state index in [2.05, 4.69) is 78.7 Å². The van der Waals surface area contributed by atoms with E-state index in [0.29, 0.717) is 0 Å². The summed E-state index contributed by atoms with van der Waals surface area (Å²) in [5.41, 5.74) is 4.23. The number of nitrogens with zero attached hydrogens (tertiary/aromatic N) is 1. The lowest BCUT2D eigenvalue weighted by atomic mass is 9.88. The number of piperidine rings is 1. The van der Waals surface area contributed by atoms with Gasteiger partial charge in [-0.1, -0.05) is 48.5 Å². The van der Waals surface area contributed by atoms with Crippen LogP contribution in [0.1, 0.15) is 30.9 Å². The second-order valence-electron chi connectivity index (χ2n) is 6.76. The molecule has 116 valence electrons. The predicted molar refractivity (Wildman–Crippen MR) is 94.2 cm³/mol. The highest BCUT2D eigenvalue weighted by Gasteiger charge is 2.30. The topological polar surface area (TPSA) is 15.3 Å². The van der Waals surface area contributed by atoms with Gasteiger partial charge in [-0.25, -0.2) is 0 Å². The van der Waals surface area contributed by atoms with Gasteiger partial charge in [0.15, 0.2) is 0 Å². The summed E-state index contributed by atoms with van der Waals surface area (Å²) in [5.74, 6) is 0. The molecule has 2 aromatic rings. The highest BCUT2D eigenvalue weighted by Crippen LogP contribution is 2.28. The molecule has 1 aliphatic heterocycles. The maximum Gasteiger partial charge on any atom is 0.0374 e. The molecule has 0 radical (unpaired) electrons. The van der Waals surface area contributed by atoms with Gasteiger partial charge in [-0.2, -0.15) is 0 Å². The van der Waals surface area contributed by atoms with Gasteiger partial charge in [0.05, 0.1) is 0 Å². The Labute approximate surface area is 134 Å². The van der Waals surface area contributed by atoms with Crippen molar-refractivity contribution >= 4 is 5.69 Å². The first kappa shape index (κ1) is 15.1. The Morgan fingerprint density at radius 3 is 2.27 bits per heavy atom. The number of benzene rings is 2. The Bertz CT molecular complexity index is 598. The molecule has 0 atom stereocenters. The summed E-state index contributed by atoms with van der Waals surface area (Å²) < 4.78 is 0. The number of para-hydroxylation sites is 1. The molecule has 2 aromatic carbocycles. The van der Waals surface area contributed by atoms with E-state index in [-0.39, 0.29) is 5.54 Å². The average Bonchev–Trinajstić information content (AvgIpc) is 2.53. The number of rotatable bonds is 4. The molecular formula is C20H26N2. The number of nitrogens with one attached hydrogen (secondary N) is 1. The van der Waals surface area contributed by atoms with Crippen molar-refractivity contribution in [3.05, 3.63) is 65.7 Å². The SMILES string of the molecule is Cc1ccccc1NC1(C)CCN(Cc2ccccc2)CC1. The van der Waals surface area contributed by atoms with Gasteiger partial charge in [-0.05, 0) is 43.9 Å². The third-order valence-corrected chi connectivity index (χ3v) is 4.79. The largest absolute Gasteiger partial charge is 0.380 e. The van der Waals surface area contributed by atoms with Crippen molar-refractivity contribution in [1.82, 2.24) is 4.90 Å². The van der Waals surface area contributed by atoms with E-state index >= 15 is 0 Å². The molecule has 1 saturated heterocycles. The summed E-state index contributed by atoms with van der Waals surface area (Å²) in [6, 6.07) is 19.4. The number of aryl methyl sites for hydroxylation is 1. The quantitative estimate of drug-likeness (QED) is 0.895. The Morgan fingerprint density at radius 2 is 1.59 bits per heavy atom. The van der Waals surface area contributed by atoms with E-state index in [0.717, 1.165) is 19.6 Å². The van der Waals surface area contributed by atoms with E-state index < -0.39 is 0 Å². The predicted octanol–water partition coefficient (Wildman–Crippen LogP) is 4.46. The molecule has 2 nitrogen and oxygen atoms in total. The van der Waals surface area contributed by atoms with Gasteiger partial charge in [0.2, 0.25) is 0 Å². The van der Waals surface area contributed by atoms with Crippen molar-refractivity contribution in [2.45, 2.75) is 38.8 Å². The second kappa shape index (κ2) is 6.53. The first-order valence-corrected chi connectivity index (χ1v) is 8.25. The summed E-state index contributed by atoms with van der Waals surface area (Å²) in [5, 5.41) is 3.78. The molecule has 2 heteroatoms. The number of anilines is 1. The minimum Gasteiger partial charge on any atom is -0.380 e. The average molecular weight is 294 g/mol. The lowest BCUT2D eigenvalue weighted by Gasteiger charge is -2.41. The van der Waals surface area contributed by atoms with E-state index in [4.69, 9.17) is 0 Å². The molecule has 22 heavy (non-hydrogen) atoms. The normalized spacial score (nSPS) is 18.1. The Kier molecular flexibility index (Phi) is 4.49. The maximum absolute atomic E-state index is 3.78. The standard InChI is InChI=1S/C20H26N2/c1-17-8-6-7-11-19(17)21-20(2)12-14-22(15-13-20)16-18-9-4-3-5-10-18/h3-11,21H,12-16H2,1-2H3. The Morgan fingerprint density at radius 1 is 0.955 bits per heavy atom. The highest BCUT2D eigenvalue weighted by molar-refractivity contribution is 5.52. The molecule has 0 saturated carbocycles. The molecule has 3 rings (SSSR count). The van der Waals surface area contributed by atoms with Crippen molar-refractivity contribution in [2.75, 3.05) is 18.4 Å². The van der Waals surface area contributed by atoms with Crippen LogP contribution in [0.4, 0.5) is 5.69 Å². The number of hydrogen-bond acceptors (Lipinski definition) is 2. The third-order valence-electron chi connectivity index (χ3n) is 4.79. The summed E-state index contributed by atoms with van der Waals surface area (Å²) in [6.45, 7) is 7.92. The molecular weight excluding hydrogens is 268 g/mol. The smallest absolute Gasteiger partial charge is 0.0374 e. The highest BCUT2D eigenvalue weighted by atomic mass is 15.2. The van der Waals surface area contributed by atoms with Gasteiger partial charge < -0.3 is 5.32 Å². The summed E-state index contributed by atoms with van der Waals surface area (Å²) in [7, 11) is 0. The fraction of sp³-hybridized carbons (Fsp3) is 0.400. The van der Waals surface area contributed by atoms with Crippen LogP contribution >= 0.6 is 0 Å². The molecule has 1 fully saturated rings. The van der Waals surface area contributed by atoms with E-state index in [1.54, 1.807) is 0 Å². The number of likely N-dealkylation sites (tertiary alicyclic amines) is 1. The van der Waals surface area contributed by atoms with Crippen LogP contribution in [0.3, 0.4) is 0 Å². The van der Waals surface area contributed by atoms with Gasteiger partial charge >= 0.3 is 0 Å². The van der Waals surface area contributed by atoms with Crippen LogP contribution in [0.25, 0.3) is 0 Å². The zero-order valence-corrected chi connectivity index (χ0v) is 13.7. The van der Waals surface area contributed by atoms with Crippen LogP contribution in [0.5, 0.6) is 0 Å². The minimum absolute atomic E-state index is 0.208. The van der Waals surface area contributed by atoms with Gasteiger partial charge in [-0.15, -0.1) is 0 Å². The second-order valence-corrected chi connectivity index (χ2v) is 6.76. The fourth-order valence-electron chi connectivity index (χ4n) is 3.21. The van der Waals surface area contributed by atoms with Crippen LogP contribution < -0.4 is 5.32 Å². The van der Waals surface area contributed by atoms with Crippen LogP contribution in [-0.4, -0.2) is 23.5 Å². The van der Waals surface area contributed by atoms with Crippen LogP contribution in [-0.2, 0) is 6.54 Å². The van der Waals surface area contributed by atoms with Crippen molar-refractivity contribution in [2.24, 2.45) is 0 Å². The van der Waals surface area contributed by atoms with Gasteiger partial charge in [-0.3, -0.25) is 4.90 Å². The van der Waals surface area contributed by atoms with Crippen molar-refractivity contribution in [3.63, 3.8) is 0 Å². The minimum atomic E-state index is 0.208. The maximum atomic E-state index is 3.78. The van der Waals surface area contributed by atoms with E-state index in [1.807, 2.05) is 0 Å². The molecule has 1 heterocycles. The van der Waals surface area contributed by atoms with Crippen molar-refractivity contribution in [1.29, 1.82) is 0 Å².